The molecule has 0 aliphatic heterocycles. The van der Waals surface area contributed by atoms with Crippen LogP contribution < -0.4 is 21.9 Å². The fourth-order valence-corrected chi connectivity index (χ4v) is 7.67. The normalized spacial score (nSPS) is 11.6. The van der Waals surface area contributed by atoms with Crippen molar-refractivity contribution in [2.45, 2.75) is 0 Å². The van der Waals surface area contributed by atoms with Crippen molar-refractivity contribution >= 4 is 96.6 Å². The summed E-state index contributed by atoms with van der Waals surface area (Å²) in [4.78, 5) is 15.3. The van der Waals surface area contributed by atoms with E-state index in [-0.39, 0.29) is 11.5 Å². The molecular formula is C41H30B4N4O2. The Hall–Kier alpha value is -6.27. The molecule has 0 saturated carbocycles. The second-order valence-corrected chi connectivity index (χ2v) is 13.3. The Bertz CT molecular complexity index is 2840. The van der Waals surface area contributed by atoms with Crippen molar-refractivity contribution in [2.75, 3.05) is 0 Å². The average Bonchev–Trinajstić information content (AvgIpc) is 3.51. The summed E-state index contributed by atoms with van der Waals surface area (Å²) in [5.74, 6) is 1.82. The maximum Gasteiger partial charge on any atom is 0.164 e. The largest absolute Gasteiger partial charge is 0.509 e. The molecule has 2 heterocycles. The van der Waals surface area contributed by atoms with Crippen LogP contribution in [0.4, 0.5) is 0 Å². The van der Waals surface area contributed by atoms with Crippen LogP contribution in [0.25, 0.3) is 83.2 Å². The van der Waals surface area contributed by atoms with Crippen molar-refractivity contribution in [1.82, 2.24) is 19.5 Å². The number of aromatic nitrogens is 4. The van der Waals surface area contributed by atoms with Crippen LogP contribution in [0, 0.1) is 0 Å². The van der Waals surface area contributed by atoms with Crippen LogP contribution in [-0.4, -0.2) is 61.1 Å². The predicted octanol–water partition coefficient (Wildman–Crippen LogP) is 2.72. The topological polar surface area (TPSA) is 84.1 Å². The van der Waals surface area contributed by atoms with E-state index in [1.807, 2.05) is 104 Å². The van der Waals surface area contributed by atoms with Crippen molar-refractivity contribution in [3.8, 4) is 51.3 Å². The lowest BCUT2D eigenvalue weighted by atomic mass is 9.69. The van der Waals surface area contributed by atoms with Crippen LogP contribution in [-0.2, 0) is 0 Å². The molecule has 2 aromatic heterocycles. The molecular weight excluding hydrogens is 624 g/mol. The van der Waals surface area contributed by atoms with Gasteiger partial charge < -0.3 is 14.8 Å². The first kappa shape index (κ1) is 30.8. The molecule has 238 valence electrons. The third-order valence-electron chi connectivity index (χ3n) is 10.4. The summed E-state index contributed by atoms with van der Waals surface area (Å²) in [5.41, 5.74) is 7.95. The highest BCUT2D eigenvalue weighted by Gasteiger charge is 2.28. The minimum Gasteiger partial charge on any atom is -0.509 e. The van der Waals surface area contributed by atoms with E-state index in [9.17, 15) is 10.2 Å². The molecule has 0 radical (unpaired) electrons. The molecule has 9 rings (SSSR count). The van der Waals surface area contributed by atoms with E-state index >= 15 is 0 Å². The van der Waals surface area contributed by atoms with E-state index in [1.165, 1.54) is 0 Å². The van der Waals surface area contributed by atoms with Gasteiger partial charge in [-0.15, -0.1) is 0 Å². The Morgan fingerprint density at radius 2 is 1.02 bits per heavy atom. The molecule has 6 nitrogen and oxygen atoms in total. The van der Waals surface area contributed by atoms with Gasteiger partial charge in [-0.3, -0.25) is 0 Å². The van der Waals surface area contributed by atoms with Crippen molar-refractivity contribution in [1.29, 1.82) is 0 Å². The Kier molecular flexibility index (Phi) is 7.04. The summed E-state index contributed by atoms with van der Waals surface area (Å²) < 4.78 is 2.13. The summed E-state index contributed by atoms with van der Waals surface area (Å²) in [6, 6.07) is 40.9. The number of hydrogen-bond donors (Lipinski definition) is 2. The second-order valence-electron chi connectivity index (χ2n) is 13.3. The molecule has 0 saturated heterocycles. The van der Waals surface area contributed by atoms with Gasteiger partial charge >= 0.3 is 0 Å². The van der Waals surface area contributed by atoms with Gasteiger partial charge in [-0.1, -0.05) is 114 Å². The molecule has 0 bridgehead atoms. The summed E-state index contributed by atoms with van der Waals surface area (Å²) in [5, 5.41) is 30.1. The highest BCUT2D eigenvalue weighted by molar-refractivity contribution is 6.60. The molecule has 0 amide bonds. The van der Waals surface area contributed by atoms with Crippen LogP contribution >= 0.6 is 0 Å². The SMILES string of the molecule is Bc1c(O)c(B)c2c(-n3c4ccccc4c4ccccc43)c(O)c(B)c(-c3nc(-c4ccccc4)nc(-c4ccc5ccccc5c4)n3)c2c1B. The van der Waals surface area contributed by atoms with E-state index in [1.54, 1.807) is 0 Å². The molecule has 7 aromatic carbocycles. The van der Waals surface area contributed by atoms with Gasteiger partial charge in [-0.25, -0.2) is 15.0 Å². The fourth-order valence-electron chi connectivity index (χ4n) is 7.67. The molecule has 0 spiro atoms. The van der Waals surface area contributed by atoms with Crippen LogP contribution in [0.5, 0.6) is 11.5 Å². The third-order valence-corrected chi connectivity index (χ3v) is 10.4. The summed E-state index contributed by atoms with van der Waals surface area (Å²) >= 11 is 0. The van der Waals surface area contributed by atoms with Gasteiger partial charge in [0.25, 0.3) is 0 Å². The van der Waals surface area contributed by atoms with Gasteiger partial charge in [0.2, 0.25) is 0 Å². The zero-order valence-electron chi connectivity index (χ0n) is 28.7. The zero-order valence-corrected chi connectivity index (χ0v) is 28.7. The van der Waals surface area contributed by atoms with Gasteiger partial charge in [0, 0.05) is 32.8 Å². The summed E-state index contributed by atoms with van der Waals surface area (Å²) in [6.45, 7) is 0. The Labute approximate surface area is 298 Å². The number of aromatic hydroxyl groups is 2. The van der Waals surface area contributed by atoms with Gasteiger partial charge in [0.15, 0.2) is 17.5 Å². The lowest BCUT2D eigenvalue weighted by Crippen LogP contribution is -2.34. The first-order chi connectivity index (χ1) is 24.8. The molecule has 9 aromatic rings. The van der Waals surface area contributed by atoms with E-state index < -0.39 is 0 Å². The van der Waals surface area contributed by atoms with Crippen molar-refractivity contribution in [3.63, 3.8) is 0 Å². The molecule has 0 aliphatic carbocycles. The Balaban J connectivity index is 1.42. The first-order valence-electron chi connectivity index (χ1n) is 17.1. The highest BCUT2D eigenvalue weighted by Crippen LogP contribution is 2.40. The van der Waals surface area contributed by atoms with E-state index in [4.69, 9.17) is 15.0 Å². The Morgan fingerprint density at radius 3 is 1.71 bits per heavy atom. The summed E-state index contributed by atoms with van der Waals surface area (Å²) in [7, 11) is 7.81. The van der Waals surface area contributed by atoms with Crippen molar-refractivity contribution in [3.05, 3.63) is 121 Å². The minimum absolute atomic E-state index is 0.101. The predicted molar refractivity (Wildman–Crippen MR) is 222 cm³/mol. The van der Waals surface area contributed by atoms with Crippen LogP contribution in [0.3, 0.4) is 0 Å². The molecule has 0 atom stereocenters. The molecule has 51 heavy (non-hydrogen) atoms. The highest BCUT2D eigenvalue weighted by atomic mass is 16.3. The molecule has 0 fully saturated rings. The number of nitrogens with zero attached hydrogens (tertiary/aromatic N) is 4. The van der Waals surface area contributed by atoms with Crippen LogP contribution in [0.1, 0.15) is 0 Å². The number of hydrogen-bond acceptors (Lipinski definition) is 5. The first-order valence-corrected chi connectivity index (χ1v) is 17.1. The number of phenols is 2. The van der Waals surface area contributed by atoms with Crippen LogP contribution in [0.15, 0.2) is 121 Å². The lowest BCUT2D eigenvalue weighted by Gasteiger charge is -2.24. The quantitative estimate of drug-likeness (QED) is 0.286. The number of benzene rings is 7. The Morgan fingerprint density at radius 1 is 0.451 bits per heavy atom. The zero-order chi connectivity index (χ0) is 35.0. The van der Waals surface area contributed by atoms with Gasteiger partial charge in [-0.05, 0) is 45.3 Å². The van der Waals surface area contributed by atoms with Crippen molar-refractivity contribution < 1.29 is 10.2 Å². The van der Waals surface area contributed by atoms with Crippen molar-refractivity contribution in [2.24, 2.45) is 0 Å². The maximum absolute atomic E-state index is 12.5. The van der Waals surface area contributed by atoms with E-state index in [0.29, 0.717) is 39.6 Å². The average molecular weight is 654 g/mol. The number of phenolic OH excluding ortho intramolecular Hbond substituents is 2. The lowest BCUT2D eigenvalue weighted by molar-refractivity contribution is 0.478. The molecule has 10 heteroatoms. The second kappa shape index (κ2) is 11.7. The standard InChI is InChI=1S/C41H30B4N4O2/c42-32-29-30(33(43)37(50)35(32)45)36(49-27-16-8-6-14-25(27)26-15-7-9-17-28(26)49)38(51)34(44)31(29)41-47-39(22-11-2-1-3-12-22)46-40(48-41)24-19-18-21-10-4-5-13-23(21)20-24/h1-20,50-51H,42-45H2. The third kappa shape index (κ3) is 4.67. The van der Waals surface area contributed by atoms with Gasteiger partial charge in [-0.2, -0.15) is 0 Å². The monoisotopic (exact) mass is 654 g/mol. The summed E-state index contributed by atoms with van der Waals surface area (Å²) in [6.07, 6.45) is 0. The van der Waals surface area contributed by atoms with Gasteiger partial charge in [0.05, 0.1) is 16.7 Å². The van der Waals surface area contributed by atoms with Gasteiger partial charge in [0.1, 0.15) is 42.9 Å². The molecule has 2 N–H and O–H groups in total. The smallest absolute Gasteiger partial charge is 0.164 e. The minimum atomic E-state index is 0.101. The maximum atomic E-state index is 12.5. The van der Waals surface area contributed by atoms with E-state index in [0.717, 1.165) is 65.4 Å². The molecule has 0 aliphatic rings. The number of fused-ring (bicyclic) bond motifs is 5. The fraction of sp³-hybridized carbons (Fsp3) is 0. The number of rotatable bonds is 4. The number of para-hydroxylation sites is 2. The molecule has 0 unspecified atom stereocenters. The van der Waals surface area contributed by atoms with Crippen LogP contribution in [0.2, 0.25) is 0 Å². The van der Waals surface area contributed by atoms with E-state index in [2.05, 4.69) is 53.1 Å².